The smallest absolute Gasteiger partial charge is 0.468 e. The minimum Gasteiger partial charge on any atom is -0.494 e. The maximum atomic E-state index is 12.2. The molecule has 6 nitrogen and oxygen atoms in total. The molecule has 6 heteroatoms. The van der Waals surface area contributed by atoms with Crippen LogP contribution < -0.4 is 4.74 Å². The summed E-state index contributed by atoms with van der Waals surface area (Å²) in [6, 6.07) is 6.80. The van der Waals surface area contributed by atoms with Crippen LogP contribution in [-0.2, 0) is 20.8 Å². The van der Waals surface area contributed by atoms with Crippen LogP contribution in [0.3, 0.4) is 0 Å². The molecule has 2 rings (SSSR count). The number of hydrogen-bond acceptors (Lipinski definition) is 5. The number of nitrogens with zero attached hydrogens (tertiary/aromatic N) is 1. The highest BCUT2D eigenvalue weighted by Crippen LogP contribution is 2.23. The highest BCUT2D eigenvalue weighted by atomic mass is 16.9. The maximum absolute atomic E-state index is 12.2. The van der Waals surface area contributed by atoms with E-state index in [2.05, 4.69) is 13.8 Å². The van der Waals surface area contributed by atoms with E-state index in [0.29, 0.717) is 25.6 Å². The Hall–Kier alpha value is -2.24. The molecular weight excluding hydrogens is 322 g/mol. The molecule has 0 spiro atoms. The van der Waals surface area contributed by atoms with Crippen LogP contribution in [0.1, 0.15) is 45.6 Å². The summed E-state index contributed by atoms with van der Waals surface area (Å²) >= 11 is 0. The molecule has 0 radical (unpaired) electrons. The molecule has 1 aliphatic rings. The first-order valence-electron chi connectivity index (χ1n) is 8.90. The third-order valence-electron chi connectivity index (χ3n) is 3.94. The van der Waals surface area contributed by atoms with Gasteiger partial charge in [-0.15, -0.1) is 5.06 Å². The molecule has 1 atom stereocenters. The Morgan fingerprint density at radius 1 is 1.20 bits per heavy atom. The molecule has 138 valence electrons. The van der Waals surface area contributed by atoms with Crippen LogP contribution in [-0.4, -0.2) is 36.4 Å². The summed E-state index contributed by atoms with van der Waals surface area (Å²) in [5.74, 6) is 0.964. The van der Waals surface area contributed by atoms with Gasteiger partial charge < -0.3 is 14.3 Å². The number of carbonyl (C=O) groups excluding carboxylic acids is 2. The third kappa shape index (κ3) is 6.29. The highest BCUT2D eigenvalue weighted by molar-refractivity contribution is 5.86. The lowest BCUT2D eigenvalue weighted by molar-refractivity contribution is -0.150. The van der Waals surface area contributed by atoms with E-state index in [4.69, 9.17) is 14.3 Å². The summed E-state index contributed by atoms with van der Waals surface area (Å²) in [4.78, 5) is 28.2. The van der Waals surface area contributed by atoms with Crippen molar-refractivity contribution in [3.8, 4) is 5.75 Å². The molecular formula is C19H27NO5. The van der Waals surface area contributed by atoms with Crippen molar-refractivity contribution in [1.82, 2.24) is 5.06 Å². The van der Waals surface area contributed by atoms with Crippen molar-refractivity contribution in [2.45, 2.75) is 52.5 Å². The number of benzene rings is 1. The first-order valence-corrected chi connectivity index (χ1v) is 8.90. The second kappa shape index (κ2) is 9.30. The number of unbranched alkanes of at least 4 members (excludes halogenated alkanes) is 1. The predicted octanol–water partition coefficient (Wildman–Crippen LogP) is 3.73. The van der Waals surface area contributed by atoms with E-state index in [-0.39, 0.29) is 0 Å². The van der Waals surface area contributed by atoms with Crippen molar-refractivity contribution in [2.24, 2.45) is 5.92 Å². The van der Waals surface area contributed by atoms with Crippen LogP contribution in [0.5, 0.6) is 5.75 Å². The van der Waals surface area contributed by atoms with E-state index in [1.54, 1.807) is 0 Å². The fourth-order valence-corrected chi connectivity index (χ4v) is 2.29. The monoisotopic (exact) mass is 349 g/mol. The van der Waals surface area contributed by atoms with E-state index >= 15 is 0 Å². The van der Waals surface area contributed by atoms with Gasteiger partial charge in [0.1, 0.15) is 5.75 Å². The molecule has 0 saturated carbocycles. The van der Waals surface area contributed by atoms with Gasteiger partial charge in [0.2, 0.25) is 0 Å². The standard InChI is InChI=1S/C19H27NO5/c1-4-5-11-24-18(21)17(20-19(22)25-20)13-15-6-8-16(9-7-15)23-12-10-14(2)3/h6-9,14,17H,4-5,10-13H2,1-3H3/t17-,20?/m0/s1. The first-order chi connectivity index (χ1) is 12.0. The van der Waals surface area contributed by atoms with Gasteiger partial charge in [-0.1, -0.05) is 39.3 Å². The van der Waals surface area contributed by atoms with Gasteiger partial charge in [-0.3, -0.25) is 0 Å². The Kier molecular flexibility index (Phi) is 7.10. The van der Waals surface area contributed by atoms with Crippen molar-refractivity contribution >= 4 is 12.1 Å². The Morgan fingerprint density at radius 2 is 1.88 bits per heavy atom. The number of ether oxygens (including phenoxy) is 2. The summed E-state index contributed by atoms with van der Waals surface area (Å²) in [7, 11) is 0. The molecule has 1 saturated heterocycles. The van der Waals surface area contributed by atoms with Crippen molar-refractivity contribution in [2.75, 3.05) is 13.2 Å². The zero-order valence-corrected chi connectivity index (χ0v) is 15.2. The number of hydroxylamine groups is 2. The molecule has 25 heavy (non-hydrogen) atoms. The lowest BCUT2D eigenvalue weighted by Crippen LogP contribution is -2.33. The molecule has 1 heterocycles. The third-order valence-corrected chi connectivity index (χ3v) is 3.94. The largest absolute Gasteiger partial charge is 0.494 e. The van der Waals surface area contributed by atoms with Gasteiger partial charge in [0.25, 0.3) is 0 Å². The molecule has 0 bridgehead atoms. The zero-order chi connectivity index (χ0) is 18.2. The molecule has 1 aliphatic heterocycles. The van der Waals surface area contributed by atoms with Crippen LogP contribution in [0.4, 0.5) is 4.79 Å². The topological polar surface area (TPSA) is 68.1 Å². The predicted molar refractivity (Wildman–Crippen MR) is 93.1 cm³/mol. The van der Waals surface area contributed by atoms with Crippen LogP contribution >= 0.6 is 0 Å². The molecule has 1 fully saturated rings. The lowest BCUT2D eigenvalue weighted by Gasteiger charge is -2.14. The molecule has 0 unspecified atom stereocenters. The second-order valence-electron chi connectivity index (χ2n) is 6.60. The van der Waals surface area contributed by atoms with Gasteiger partial charge in [-0.25, -0.2) is 9.59 Å². The van der Waals surface area contributed by atoms with E-state index in [1.165, 1.54) is 0 Å². The van der Waals surface area contributed by atoms with E-state index in [9.17, 15) is 9.59 Å². The van der Waals surface area contributed by atoms with Crippen molar-refractivity contribution < 1.29 is 23.9 Å². The van der Waals surface area contributed by atoms with Gasteiger partial charge in [-0.2, -0.15) is 0 Å². The molecule has 0 aromatic heterocycles. The van der Waals surface area contributed by atoms with Crippen LogP contribution in [0.15, 0.2) is 24.3 Å². The fraction of sp³-hybridized carbons (Fsp3) is 0.579. The van der Waals surface area contributed by atoms with Gasteiger partial charge in [0, 0.05) is 6.42 Å². The number of rotatable bonds is 11. The van der Waals surface area contributed by atoms with Crippen LogP contribution in [0.2, 0.25) is 0 Å². The Morgan fingerprint density at radius 3 is 2.44 bits per heavy atom. The maximum Gasteiger partial charge on any atom is 0.468 e. The summed E-state index contributed by atoms with van der Waals surface area (Å²) in [5, 5.41) is 1.07. The van der Waals surface area contributed by atoms with Gasteiger partial charge in [-0.05, 0) is 36.5 Å². The van der Waals surface area contributed by atoms with Crippen LogP contribution in [0.25, 0.3) is 0 Å². The SMILES string of the molecule is CCCCOC(=O)[C@H](Cc1ccc(OCCC(C)C)cc1)N1OC1=O. The summed E-state index contributed by atoms with van der Waals surface area (Å²) < 4.78 is 10.9. The normalized spacial score (nSPS) is 14.2. The van der Waals surface area contributed by atoms with E-state index < -0.39 is 18.1 Å². The summed E-state index contributed by atoms with van der Waals surface area (Å²) in [6.45, 7) is 7.37. The van der Waals surface area contributed by atoms with E-state index in [1.807, 2.05) is 31.2 Å². The van der Waals surface area contributed by atoms with Crippen molar-refractivity contribution in [3.05, 3.63) is 29.8 Å². The van der Waals surface area contributed by atoms with Crippen LogP contribution in [0, 0.1) is 5.92 Å². The minimum atomic E-state index is -0.739. The zero-order valence-electron chi connectivity index (χ0n) is 15.2. The molecule has 1 aromatic carbocycles. The summed E-state index contributed by atoms with van der Waals surface area (Å²) in [6.07, 6.45) is 2.60. The first kappa shape index (κ1) is 19.1. The molecule has 0 N–H and O–H groups in total. The number of esters is 1. The molecule has 0 aliphatic carbocycles. The van der Waals surface area contributed by atoms with Gasteiger partial charge in [0.05, 0.1) is 13.2 Å². The Bertz CT molecular complexity index is 570. The van der Waals surface area contributed by atoms with E-state index in [0.717, 1.165) is 35.6 Å². The number of hydrogen-bond donors (Lipinski definition) is 0. The van der Waals surface area contributed by atoms with Crippen molar-refractivity contribution in [3.63, 3.8) is 0 Å². The second-order valence-corrected chi connectivity index (χ2v) is 6.60. The summed E-state index contributed by atoms with van der Waals surface area (Å²) in [5.41, 5.74) is 0.914. The minimum absolute atomic E-state index is 0.350. The van der Waals surface area contributed by atoms with Gasteiger partial charge >= 0.3 is 12.1 Å². The number of amides is 1. The molecule has 1 aromatic rings. The fourth-order valence-electron chi connectivity index (χ4n) is 2.29. The highest BCUT2D eigenvalue weighted by Gasteiger charge is 2.46. The molecule has 1 amide bonds. The van der Waals surface area contributed by atoms with Gasteiger partial charge in [0.15, 0.2) is 6.04 Å². The number of carbonyl (C=O) groups is 2. The Balaban J connectivity index is 1.89. The Labute approximate surface area is 149 Å². The lowest BCUT2D eigenvalue weighted by atomic mass is 10.1. The average Bonchev–Trinajstić information content (AvgIpc) is 3.30. The quantitative estimate of drug-likeness (QED) is 0.346. The average molecular weight is 349 g/mol. The van der Waals surface area contributed by atoms with Crippen molar-refractivity contribution in [1.29, 1.82) is 0 Å².